The molecular weight excluding hydrogens is 296 g/mol. The second-order valence-electron chi connectivity index (χ2n) is 4.82. The number of thiazole rings is 1. The summed E-state index contributed by atoms with van der Waals surface area (Å²) in [5.41, 5.74) is 1.80. The molecule has 0 saturated carbocycles. The van der Waals surface area contributed by atoms with E-state index in [4.69, 9.17) is 4.74 Å². The summed E-state index contributed by atoms with van der Waals surface area (Å²) in [5.74, 6) is 0.768. The molecular formula is C17H20N2O2S. The van der Waals surface area contributed by atoms with Crippen molar-refractivity contribution < 1.29 is 4.74 Å². The Balaban J connectivity index is 2.34. The van der Waals surface area contributed by atoms with Crippen LogP contribution in [0.2, 0.25) is 0 Å². The van der Waals surface area contributed by atoms with Gasteiger partial charge >= 0.3 is 4.87 Å². The van der Waals surface area contributed by atoms with Crippen molar-refractivity contribution in [3.63, 3.8) is 0 Å². The summed E-state index contributed by atoms with van der Waals surface area (Å²) in [4.78, 5) is 17.9. The Morgan fingerprint density at radius 2 is 2.05 bits per heavy atom. The van der Waals surface area contributed by atoms with E-state index in [1.54, 1.807) is 7.11 Å². The predicted molar refractivity (Wildman–Crippen MR) is 92.6 cm³/mol. The van der Waals surface area contributed by atoms with Gasteiger partial charge in [-0.3, -0.25) is 9.69 Å². The van der Waals surface area contributed by atoms with Crippen molar-refractivity contribution in [1.29, 1.82) is 0 Å². The number of hydrogen-bond donors (Lipinski definition) is 1. The van der Waals surface area contributed by atoms with Gasteiger partial charge in [0.25, 0.3) is 0 Å². The summed E-state index contributed by atoms with van der Waals surface area (Å²) >= 11 is 1.24. The van der Waals surface area contributed by atoms with E-state index in [2.05, 4.69) is 23.0 Å². The average Bonchev–Trinajstić information content (AvgIpc) is 2.88. The SMILES string of the molecule is C=CCN(CC=C)Cc1sc(=O)[nH]c1-c1cccc(OC)c1. The molecule has 22 heavy (non-hydrogen) atoms. The van der Waals surface area contributed by atoms with Gasteiger partial charge in [0.2, 0.25) is 0 Å². The van der Waals surface area contributed by atoms with Crippen LogP contribution in [0.3, 0.4) is 0 Å². The first kappa shape index (κ1) is 16.3. The fourth-order valence-electron chi connectivity index (χ4n) is 2.26. The van der Waals surface area contributed by atoms with Crippen molar-refractivity contribution in [3.05, 3.63) is 64.1 Å². The smallest absolute Gasteiger partial charge is 0.305 e. The fourth-order valence-corrected chi connectivity index (χ4v) is 3.15. The van der Waals surface area contributed by atoms with Crippen LogP contribution in [-0.4, -0.2) is 30.1 Å². The second kappa shape index (κ2) is 7.77. The highest BCUT2D eigenvalue weighted by molar-refractivity contribution is 7.09. The molecule has 2 rings (SSSR count). The first-order chi connectivity index (χ1) is 10.7. The van der Waals surface area contributed by atoms with Gasteiger partial charge in [-0.2, -0.15) is 0 Å². The maximum absolute atomic E-state index is 11.8. The molecule has 5 heteroatoms. The quantitative estimate of drug-likeness (QED) is 0.760. The van der Waals surface area contributed by atoms with Crippen LogP contribution in [-0.2, 0) is 6.54 Å². The summed E-state index contributed by atoms with van der Waals surface area (Å²) in [7, 11) is 1.63. The Bertz CT molecular complexity index is 693. The van der Waals surface area contributed by atoms with Gasteiger partial charge < -0.3 is 9.72 Å². The van der Waals surface area contributed by atoms with Crippen LogP contribution in [0.15, 0.2) is 54.4 Å². The Hall–Kier alpha value is -2.11. The molecule has 0 amide bonds. The van der Waals surface area contributed by atoms with Crippen LogP contribution in [0.5, 0.6) is 5.75 Å². The maximum atomic E-state index is 11.8. The summed E-state index contributed by atoms with van der Waals surface area (Å²) in [5, 5.41) is 0. The van der Waals surface area contributed by atoms with Crippen molar-refractivity contribution in [3.8, 4) is 17.0 Å². The zero-order chi connectivity index (χ0) is 15.9. The molecule has 1 N–H and O–H groups in total. The minimum atomic E-state index is -0.0509. The molecule has 1 aromatic heterocycles. The third kappa shape index (κ3) is 3.96. The summed E-state index contributed by atoms with van der Waals surface area (Å²) in [6.45, 7) is 9.71. The zero-order valence-electron chi connectivity index (χ0n) is 12.7. The molecule has 0 spiro atoms. The van der Waals surface area contributed by atoms with Gasteiger partial charge in [0.15, 0.2) is 0 Å². The fraction of sp³-hybridized carbons (Fsp3) is 0.235. The van der Waals surface area contributed by atoms with Gasteiger partial charge in [-0.15, -0.1) is 13.2 Å². The molecule has 0 unspecified atom stereocenters. The monoisotopic (exact) mass is 316 g/mol. The Labute approximate surface area is 134 Å². The first-order valence-electron chi connectivity index (χ1n) is 6.98. The van der Waals surface area contributed by atoms with Crippen LogP contribution in [0.1, 0.15) is 4.88 Å². The molecule has 0 atom stereocenters. The predicted octanol–water partition coefficient (Wildman–Crippen LogP) is 3.29. The van der Waals surface area contributed by atoms with Crippen molar-refractivity contribution >= 4 is 11.3 Å². The van der Waals surface area contributed by atoms with E-state index in [9.17, 15) is 4.79 Å². The van der Waals surface area contributed by atoms with Crippen LogP contribution in [0.4, 0.5) is 0 Å². The van der Waals surface area contributed by atoms with Crippen molar-refractivity contribution in [2.75, 3.05) is 20.2 Å². The standard InChI is InChI=1S/C17H20N2O2S/c1-4-9-19(10-5-2)12-15-16(18-17(20)22-15)13-7-6-8-14(11-13)21-3/h4-8,11H,1-2,9-10,12H2,3H3,(H,18,20). The number of rotatable bonds is 8. The van der Waals surface area contributed by atoms with Gasteiger partial charge in [0.1, 0.15) is 5.75 Å². The molecule has 0 aliphatic rings. The number of nitrogens with one attached hydrogen (secondary N) is 1. The Morgan fingerprint density at radius 1 is 1.32 bits per heavy atom. The summed E-state index contributed by atoms with van der Waals surface area (Å²) in [6.07, 6.45) is 3.70. The molecule has 0 aliphatic heterocycles. The molecule has 2 aromatic rings. The lowest BCUT2D eigenvalue weighted by molar-refractivity contribution is 0.331. The van der Waals surface area contributed by atoms with Crippen molar-refractivity contribution in [1.82, 2.24) is 9.88 Å². The summed E-state index contributed by atoms with van der Waals surface area (Å²) in [6, 6.07) is 7.69. The van der Waals surface area contributed by atoms with Crippen molar-refractivity contribution in [2.45, 2.75) is 6.54 Å². The number of benzene rings is 1. The largest absolute Gasteiger partial charge is 0.497 e. The number of aromatic amines is 1. The van der Waals surface area contributed by atoms with E-state index in [0.717, 1.165) is 35.0 Å². The van der Waals surface area contributed by atoms with E-state index in [1.807, 2.05) is 36.4 Å². The summed E-state index contributed by atoms with van der Waals surface area (Å²) < 4.78 is 5.26. The molecule has 1 aromatic carbocycles. The molecule has 1 heterocycles. The lowest BCUT2D eigenvalue weighted by Crippen LogP contribution is -2.23. The number of aromatic nitrogens is 1. The number of ether oxygens (including phenoxy) is 1. The molecule has 0 radical (unpaired) electrons. The molecule has 0 saturated heterocycles. The Morgan fingerprint density at radius 3 is 2.68 bits per heavy atom. The minimum Gasteiger partial charge on any atom is -0.497 e. The average molecular weight is 316 g/mol. The van der Waals surface area contributed by atoms with Crippen LogP contribution < -0.4 is 9.61 Å². The third-order valence-electron chi connectivity index (χ3n) is 3.22. The van der Waals surface area contributed by atoms with Crippen LogP contribution >= 0.6 is 11.3 Å². The first-order valence-corrected chi connectivity index (χ1v) is 7.80. The molecule has 0 bridgehead atoms. The molecule has 0 aliphatic carbocycles. The second-order valence-corrected chi connectivity index (χ2v) is 5.88. The van der Waals surface area contributed by atoms with Gasteiger partial charge in [0.05, 0.1) is 12.8 Å². The van der Waals surface area contributed by atoms with Gasteiger partial charge in [-0.25, -0.2) is 0 Å². The molecule has 116 valence electrons. The lowest BCUT2D eigenvalue weighted by atomic mass is 10.1. The van der Waals surface area contributed by atoms with Gasteiger partial charge in [-0.1, -0.05) is 35.6 Å². The van der Waals surface area contributed by atoms with Gasteiger partial charge in [0, 0.05) is 30.1 Å². The van der Waals surface area contributed by atoms with Gasteiger partial charge in [-0.05, 0) is 12.1 Å². The van der Waals surface area contributed by atoms with Crippen LogP contribution in [0, 0.1) is 0 Å². The minimum absolute atomic E-state index is 0.0509. The number of hydrogen-bond acceptors (Lipinski definition) is 4. The highest BCUT2D eigenvalue weighted by Gasteiger charge is 2.13. The molecule has 0 fully saturated rings. The number of methoxy groups -OCH3 is 1. The van der Waals surface area contributed by atoms with E-state index in [-0.39, 0.29) is 4.87 Å². The topological polar surface area (TPSA) is 45.3 Å². The van der Waals surface area contributed by atoms with Crippen molar-refractivity contribution in [2.24, 2.45) is 0 Å². The van der Waals surface area contributed by atoms with E-state index >= 15 is 0 Å². The van der Waals surface area contributed by atoms with E-state index in [1.165, 1.54) is 11.3 Å². The highest BCUT2D eigenvalue weighted by atomic mass is 32.1. The number of H-pyrrole nitrogens is 1. The maximum Gasteiger partial charge on any atom is 0.305 e. The number of nitrogens with zero attached hydrogens (tertiary/aromatic N) is 1. The Kier molecular flexibility index (Phi) is 5.75. The van der Waals surface area contributed by atoms with E-state index in [0.29, 0.717) is 6.54 Å². The highest BCUT2D eigenvalue weighted by Crippen LogP contribution is 2.27. The third-order valence-corrected chi connectivity index (χ3v) is 4.09. The lowest BCUT2D eigenvalue weighted by Gasteiger charge is -2.18. The van der Waals surface area contributed by atoms with E-state index < -0.39 is 0 Å². The molecule has 4 nitrogen and oxygen atoms in total. The zero-order valence-corrected chi connectivity index (χ0v) is 13.5. The normalized spacial score (nSPS) is 10.6. The van der Waals surface area contributed by atoms with Crippen LogP contribution in [0.25, 0.3) is 11.3 Å².